The average molecular weight is 371 g/mol. The van der Waals surface area contributed by atoms with E-state index in [1.54, 1.807) is 6.07 Å². The van der Waals surface area contributed by atoms with Gasteiger partial charge in [-0.2, -0.15) is 4.31 Å². The van der Waals surface area contributed by atoms with E-state index < -0.39 is 21.4 Å². The zero-order valence-electron chi connectivity index (χ0n) is 14.8. The highest BCUT2D eigenvalue weighted by Crippen LogP contribution is 2.42. The summed E-state index contributed by atoms with van der Waals surface area (Å²) in [5, 5.41) is 9.72. The molecule has 0 aromatic carbocycles. The molecule has 3 heterocycles. The molecule has 0 aliphatic carbocycles. The van der Waals surface area contributed by atoms with E-state index in [0.717, 1.165) is 25.1 Å². The molecule has 0 unspecified atom stereocenters. The lowest BCUT2D eigenvalue weighted by Crippen LogP contribution is -2.40. The first-order chi connectivity index (χ1) is 11.6. The second-order valence-electron chi connectivity index (χ2n) is 7.41. The van der Waals surface area contributed by atoms with Gasteiger partial charge in [0.25, 0.3) is 0 Å². The van der Waals surface area contributed by atoms with E-state index in [1.807, 2.05) is 13.1 Å². The Morgan fingerprint density at radius 2 is 2.04 bits per heavy atom. The largest absolute Gasteiger partial charge is 0.481 e. The van der Waals surface area contributed by atoms with Gasteiger partial charge in [-0.25, -0.2) is 8.42 Å². The van der Waals surface area contributed by atoms with Crippen LogP contribution in [0.1, 0.15) is 11.5 Å². The Hall–Kier alpha value is -1.42. The Bertz CT molecular complexity index is 762. The number of carboxylic acids is 1. The minimum absolute atomic E-state index is 0.126. The number of aliphatic carboxylic acids is 1. The van der Waals surface area contributed by atoms with Crippen LogP contribution in [-0.4, -0.2) is 80.1 Å². The van der Waals surface area contributed by atoms with Gasteiger partial charge in [0.15, 0.2) is 0 Å². The number of carboxylic acid groups (broad SMARTS) is 1. The predicted molar refractivity (Wildman–Crippen MR) is 91.4 cm³/mol. The molecular weight excluding hydrogens is 346 g/mol. The van der Waals surface area contributed by atoms with Crippen LogP contribution in [0.5, 0.6) is 0 Å². The summed E-state index contributed by atoms with van der Waals surface area (Å²) in [5.74, 6) is 0.709. The maximum atomic E-state index is 11.8. The first-order valence-corrected chi connectivity index (χ1v) is 10.1. The summed E-state index contributed by atoms with van der Waals surface area (Å²) in [4.78, 5) is 16.0. The van der Waals surface area contributed by atoms with Crippen LogP contribution in [0, 0.1) is 11.3 Å². The molecule has 0 amide bonds. The molecule has 2 aliphatic rings. The quantitative estimate of drug-likeness (QED) is 0.759. The summed E-state index contributed by atoms with van der Waals surface area (Å²) in [6, 6.07) is 3.60. The van der Waals surface area contributed by atoms with Gasteiger partial charge in [-0.1, -0.05) is 0 Å². The van der Waals surface area contributed by atoms with Gasteiger partial charge >= 0.3 is 5.97 Å². The van der Waals surface area contributed by atoms with E-state index in [-0.39, 0.29) is 12.5 Å². The van der Waals surface area contributed by atoms with E-state index in [0.29, 0.717) is 25.4 Å². The Morgan fingerprint density at radius 1 is 1.36 bits per heavy atom. The Labute approximate surface area is 148 Å². The van der Waals surface area contributed by atoms with Crippen molar-refractivity contribution in [1.82, 2.24) is 14.1 Å². The molecule has 1 N–H and O–H groups in total. The third kappa shape index (κ3) is 3.59. The number of hydrogen-bond donors (Lipinski definition) is 1. The molecule has 9 heteroatoms. The molecule has 0 spiro atoms. The van der Waals surface area contributed by atoms with Crippen molar-refractivity contribution in [2.75, 3.05) is 46.5 Å². The zero-order valence-corrected chi connectivity index (χ0v) is 15.6. The highest BCUT2D eigenvalue weighted by atomic mass is 32.2. The van der Waals surface area contributed by atoms with Gasteiger partial charge < -0.3 is 14.4 Å². The molecule has 1 aromatic rings. The van der Waals surface area contributed by atoms with Crippen molar-refractivity contribution < 1.29 is 22.7 Å². The average Bonchev–Trinajstić information content (AvgIpc) is 3.11. The molecule has 2 fully saturated rings. The van der Waals surface area contributed by atoms with Gasteiger partial charge in [0, 0.05) is 39.1 Å². The van der Waals surface area contributed by atoms with Crippen LogP contribution in [0.3, 0.4) is 0 Å². The smallest absolute Gasteiger partial charge is 0.312 e. The van der Waals surface area contributed by atoms with Crippen molar-refractivity contribution in [3.8, 4) is 0 Å². The summed E-state index contributed by atoms with van der Waals surface area (Å²) < 4.78 is 29.9. The van der Waals surface area contributed by atoms with E-state index >= 15 is 0 Å². The Balaban J connectivity index is 1.64. The van der Waals surface area contributed by atoms with Crippen molar-refractivity contribution >= 4 is 16.0 Å². The first kappa shape index (κ1) is 18.4. The van der Waals surface area contributed by atoms with E-state index in [1.165, 1.54) is 11.4 Å². The normalized spacial score (nSPS) is 27.9. The third-order valence-corrected chi connectivity index (χ3v) is 6.58. The molecular formula is C16H25N3O5S. The molecule has 2 aliphatic heterocycles. The monoisotopic (exact) mass is 371 g/mol. The summed E-state index contributed by atoms with van der Waals surface area (Å²) in [6.07, 6.45) is 1.15. The first-order valence-electron chi connectivity index (χ1n) is 8.23. The van der Waals surface area contributed by atoms with Gasteiger partial charge in [-0.15, -0.1) is 0 Å². The summed E-state index contributed by atoms with van der Waals surface area (Å²) in [6.45, 7) is 3.34. The van der Waals surface area contributed by atoms with Crippen molar-refractivity contribution in [2.45, 2.75) is 13.1 Å². The number of nitrogens with zero attached hydrogens (tertiary/aromatic N) is 3. The summed E-state index contributed by atoms with van der Waals surface area (Å²) >= 11 is 0. The lowest BCUT2D eigenvalue weighted by Gasteiger charge is -2.23. The standard InChI is InChI=1S/C16H25N3O5S/c1-17-6-12-7-19(11-16(12,10-17)15(20)21)9-14-5-4-13(24-14)8-18(2)25(3,22)23/h4-5,12H,6-11H2,1-3H3,(H,20,21)/t12-,16-/m0/s1. The van der Waals surface area contributed by atoms with E-state index in [2.05, 4.69) is 9.80 Å². The fourth-order valence-electron chi connectivity index (χ4n) is 3.99. The van der Waals surface area contributed by atoms with Gasteiger partial charge in [-0.3, -0.25) is 9.69 Å². The molecule has 1 aromatic heterocycles. The third-order valence-electron chi connectivity index (χ3n) is 5.32. The second-order valence-corrected chi connectivity index (χ2v) is 9.50. The topological polar surface area (TPSA) is 94.3 Å². The van der Waals surface area contributed by atoms with Gasteiger partial charge in [0.05, 0.1) is 24.8 Å². The van der Waals surface area contributed by atoms with Crippen LogP contribution >= 0.6 is 0 Å². The number of hydrogen-bond acceptors (Lipinski definition) is 6. The van der Waals surface area contributed by atoms with Gasteiger partial charge in [0.2, 0.25) is 10.0 Å². The molecule has 8 nitrogen and oxygen atoms in total. The van der Waals surface area contributed by atoms with E-state index in [9.17, 15) is 18.3 Å². The number of carbonyl (C=O) groups is 1. The Kier molecular flexibility index (Phi) is 4.69. The zero-order chi connectivity index (χ0) is 18.4. The number of likely N-dealkylation sites (tertiary alicyclic amines) is 2. The SMILES string of the molecule is CN1C[C@H]2CN(Cc3ccc(CN(C)S(C)(=O)=O)o3)C[C@@]2(C(=O)O)C1. The number of sulfonamides is 1. The summed E-state index contributed by atoms with van der Waals surface area (Å²) in [5.41, 5.74) is -0.694. The predicted octanol–water partition coefficient (Wildman–Crippen LogP) is 0.119. The maximum Gasteiger partial charge on any atom is 0.312 e. The number of furan rings is 1. The highest BCUT2D eigenvalue weighted by Gasteiger charge is 2.56. The van der Waals surface area contributed by atoms with Crippen molar-refractivity contribution in [3.05, 3.63) is 23.7 Å². The summed E-state index contributed by atoms with van der Waals surface area (Å²) in [7, 11) is 0.215. The molecule has 0 radical (unpaired) electrons. The van der Waals surface area contributed by atoms with Crippen LogP contribution in [-0.2, 0) is 27.9 Å². The molecule has 140 valence electrons. The fraction of sp³-hybridized carbons (Fsp3) is 0.688. The molecule has 0 bridgehead atoms. The van der Waals surface area contributed by atoms with Crippen LogP contribution in [0.4, 0.5) is 0 Å². The van der Waals surface area contributed by atoms with Crippen molar-refractivity contribution in [1.29, 1.82) is 0 Å². The lowest BCUT2D eigenvalue weighted by molar-refractivity contribution is -0.148. The van der Waals surface area contributed by atoms with Crippen LogP contribution in [0.25, 0.3) is 0 Å². The number of fused-ring (bicyclic) bond motifs is 1. The highest BCUT2D eigenvalue weighted by molar-refractivity contribution is 7.88. The molecule has 3 rings (SSSR count). The second kappa shape index (κ2) is 6.39. The van der Waals surface area contributed by atoms with Crippen LogP contribution in [0.2, 0.25) is 0 Å². The maximum absolute atomic E-state index is 11.8. The van der Waals surface area contributed by atoms with Gasteiger partial charge in [-0.05, 0) is 19.2 Å². The Morgan fingerprint density at radius 3 is 2.64 bits per heavy atom. The lowest BCUT2D eigenvalue weighted by atomic mass is 9.81. The minimum Gasteiger partial charge on any atom is -0.481 e. The molecule has 2 saturated heterocycles. The van der Waals surface area contributed by atoms with Crippen LogP contribution in [0.15, 0.2) is 16.5 Å². The van der Waals surface area contributed by atoms with Gasteiger partial charge in [0.1, 0.15) is 11.5 Å². The fourth-order valence-corrected chi connectivity index (χ4v) is 4.35. The number of rotatable bonds is 6. The van der Waals surface area contributed by atoms with Crippen molar-refractivity contribution in [2.24, 2.45) is 11.3 Å². The minimum atomic E-state index is -3.25. The van der Waals surface area contributed by atoms with Crippen molar-refractivity contribution in [3.63, 3.8) is 0 Å². The van der Waals surface area contributed by atoms with E-state index in [4.69, 9.17) is 4.42 Å². The van der Waals surface area contributed by atoms with Crippen LogP contribution < -0.4 is 0 Å². The molecule has 0 saturated carbocycles. The molecule has 2 atom stereocenters. The molecule has 25 heavy (non-hydrogen) atoms.